The zero-order valence-corrected chi connectivity index (χ0v) is 12.2. The summed E-state index contributed by atoms with van der Waals surface area (Å²) >= 11 is 0. The minimum Gasteiger partial charge on any atom is -0.478 e. The van der Waals surface area contributed by atoms with Gasteiger partial charge in [-0.2, -0.15) is 0 Å². The molecule has 2 aromatic rings. The van der Waals surface area contributed by atoms with Gasteiger partial charge in [-0.1, -0.05) is 19.9 Å². The number of fused-ring (bicyclic) bond motifs is 1. The molecule has 1 heterocycles. The summed E-state index contributed by atoms with van der Waals surface area (Å²) in [5, 5.41) is 19.3. The Balaban J connectivity index is 2.79. The first-order valence-corrected chi connectivity index (χ1v) is 6.94. The number of aromatic carboxylic acids is 1. The van der Waals surface area contributed by atoms with Crippen molar-refractivity contribution in [1.82, 2.24) is 4.57 Å². The lowest BCUT2D eigenvalue weighted by molar-refractivity contribution is 0.0699. The number of benzene rings is 1. The van der Waals surface area contributed by atoms with Gasteiger partial charge in [-0.15, -0.1) is 0 Å². The number of hydrogen-bond acceptors (Lipinski definition) is 2. The van der Waals surface area contributed by atoms with E-state index in [-0.39, 0.29) is 12.5 Å². The van der Waals surface area contributed by atoms with Gasteiger partial charge in [-0.3, -0.25) is 0 Å². The molecule has 2 N–H and O–H groups in total. The Morgan fingerprint density at radius 3 is 2.60 bits per heavy atom. The summed E-state index contributed by atoms with van der Waals surface area (Å²) < 4.78 is 2.12. The van der Waals surface area contributed by atoms with Gasteiger partial charge in [0.2, 0.25) is 0 Å². The highest BCUT2D eigenvalue weighted by Gasteiger charge is 2.21. The minimum atomic E-state index is -0.892. The van der Waals surface area contributed by atoms with Crippen molar-refractivity contribution in [3.63, 3.8) is 0 Å². The number of rotatable bonds is 5. The molecule has 4 nitrogen and oxygen atoms in total. The van der Waals surface area contributed by atoms with Crippen LogP contribution < -0.4 is 0 Å². The summed E-state index contributed by atoms with van der Waals surface area (Å²) in [7, 11) is 0. The maximum Gasteiger partial charge on any atom is 0.336 e. The molecule has 0 aliphatic rings. The highest BCUT2D eigenvalue weighted by Crippen LogP contribution is 2.34. The van der Waals surface area contributed by atoms with Gasteiger partial charge < -0.3 is 14.8 Å². The molecule has 0 atom stereocenters. The first-order valence-electron chi connectivity index (χ1n) is 6.94. The van der Waals surface area contributed by atoms with Crippen molar-refractivity contribution in [2.24, 2.45) is 0 Å². The maximum absolute atomic E-state index is 11.5. The van der Waals surface area contributed by atoms with Crippen molar-refractivity contribution < 1.29 is 15.0 Å². The van der Waals surface area contributed by atoms with E-state index < -0.39 is 5.97 Å². The molecule has 0 saturated heterocycles. The van der Waals surface area contributed by atoms with E-state index in [0.717, 1.165) is 22.2 Å². The van der Waals surface area contributed by atoms with Crippen molar-refractivity contribution >= 4 is 16.9 Å². The first-order chi connectivity index (χ1) is 9.49. The summed E-state index contributed by atoms with van der Waals surface area (Å²) in [5.74, 6) is -0.634. The Morgan fingerprint density at radius 2 is 2.05 bits per heavy atom. The molecule has 0 radical (unpaired) electrons. The largest absolute Gasteiger partial charge is 0.478 e. The topological polar surface area (TPSA) is 62.5 Å². The van der Waals surface area contributed by atoms with Crippen LogP contribution in [-0.4, -0.2) is 27.4 Å². The number of aromatic nitrogens is 1. The molecule has 0 saturated carbocycles. The van der Waals surface area contributed by atoms with Gasteiger partial charge in [0, 0.05) is 29.7 Å². The molecule has 0 aliphatic heterocycles. The third-order valence-corrected chi connectivity index (χ3v) is 3.74. The number of aliphatic hydroxyl groups is 1. The molecule has 0 amide bonds. The van der Waals surface area contributed by atoms with Gasteiger partial charge in [-0.05, 0) is 37.0 Å². The van der Waals surface area contributed by atoms with E-state index in [1.807, 2.05) is 13.0 Å². The van der Waals surface area contributed by atoms with E-state index >= 15 is 0 Å². The van der Waals surface area contributed by atoms with E-state index in [0.29, 0.717) is 18.5 Å². The summed E-state index contributed by atoms with van der Waals surface area (Å²) in [6.45, 7) is 7.02. The lowest BCUT2D eigenvalue weighted by Gasteiger charge is -2.09. The number of carbonyl (C=O) groups is 1. The molecule has 0 spiro atoms. The Hall–Kier alpha value is -1.81. The van der Waals surface area contributed by atoms with Gasteiger partial charge in [0.1, 0.15) is 0 Å². The molecule has 108 valence electrons. The van der Waals surface area contributed by atoms with Crippen molar-refractivity contribution in [1.29, 1.82) is 0 Å². The second-order valence-corrected chi connectivity index (χ2v) is 5.39. The maximum atomic E-state index is 11.5. The summed E-state index contributed by atoms with van der Waals surface area (Å²) in [6.07, 6.45) is 0.666. The fraction of sp³-hybridized carbons (Fsp3) is 0.438. The molecule has 20 heavy (non-hydrogen) atoms. The average Bonchev–Trinajstić information content (AvgIpc) is 2.67. The molecular weight excluding hydrogens is 254 g/mol. The quantitative estimate of drug-likeness (QED) is 0.881. The van der Waals surface area contributed by atoms with Crippen LogP contribution in [0.4, 0.5) is 0 Å². The Kier molecular flexibility index (Phi) is 4.14. The Labute approximate surface area is 118 Å². The Bertz CT molecular complexity index is 641. The third kappa shape index (κ3) is 2.31. The van der Waals surface area contributed by atoms with Crippen LogP contribution in [0, 0.1) is 6.92 Å². The van der Waals surface area contributed by atoms with Gasteiger partial charge in [0.15, 0.2) is 0 Å². The molecule has 0 fully saturated rings. The van der Waals surface area contributed by atoms with E-state index in [1.54, 1.807) is 12.1 Å². The zero-order valence-electron chi connectivity index (χ0n) is 12.2. The van der Waals surface area contributed by atoms with Gasteiger partial charge in [-0.25, -0.2) is 4.79 Å². The standard InChI is InChI=1S/C16H21NO3/c1-10(2)14-11(3)17(8-5-9-18)13-7-4-6-12(15(13)14)16(19)20/h4,6-7,10,18H,5,8-9H2,1-3H3,(H,19,20). The Morgan fingerprint density at radius 1 is 1.35 bits per heavy atom. The normalized spacial score (nSPS) is 11.4. The summed E-state index contributed by atoms with van der Waals surface area (Å²) in [6, 6.07) is 5.40. The smallest absolute Gasteiger partial charge is 0.336 e. The van der Waals surface area contributed by atoms with Crippen LogP contribution in [0.2, 0.25) is 0 Å². The fourth-order valence-electron chi connectivity index (χ4n) is 2.96. The SMILES string of the molecule is Cc1c(C(C)C)c2c(C(=O)O)cccc2n1CCCO. The van der Waals surface area contributed by atoms with Crippen molar-refractivity contribution in [3.05, 3.63) is 35.0 Å². The summed E-state index contributed by atoms with van der Waals surface area (Å²) in [5.41, 5.74) is 3.49. The molecule has 1 aromatic heterocycles. The summed E-state index contributed by atoms with van der Waals surface area (Å²) in [4.78, 5) is 11.5. The van der Waals surface area contributed by atoms with Gasteiger partial charge in [0.05, 0.1) is 5.56 Å². The third-order valence-electron chi connectivity index (χ3n) is 3.74. The van der Waals surface area contributed by atoms with Crippen molar-refractivity contribution in [2.75, 3.05) is 6.61 Å². The number of aliphatic hydroxyl groups excluding tert-OH is 1. The zero-order chi connectivity index (χ0) is 14.9. The van der Waals surface area contributed by atoms with Crippen LogP contribution in [-0.2, 0) is 6.54 Å². The molecular formula is C16H21NO3. The van der Waals surface area contributed by atoms with E-state index in [2.05, 4.69) is 18.4 Å². The highest BCUT2D eigenvalue weighted by atomic mass is 16.4. The van der Waals surface area contributed by atoms with Crippen LogP contribution >= 0.6 is 0 Å². The lowest BCUT2D eigenvalue weighted by Crippen LogP contribution is -2.03. The van der Waals surface area contributed by atoms with E-state index in [4.69, 9.17) is 5.11 Å². The van der Waals surface area contributed by atoms with Crippen LogP contribution in [0.15, 0.2) is 18.2 Å². The number of hydrogen-bond donors (Lipinski definition) is 2. The minimum absolute atomic E-state index is 0.134. The van der Waals surface area contributed by atoms with Gasteiger partial charge >= 0.3 is 5.97 Å². The lowest BCUT2D eigenvalue weighted by atomic mass is 9.96. The molecule has 0 unspecified atom stereocenters. The second kappa shape index (κ2) is 5.67. The highest BCUT2D eigenvalue weighted by molar-refractivity contribution is 6.05. The van der Waals surface area contributed by atoms with Crippen molar-refractivity contribution in [3.8, 4) is 0 Å². The average molecular weight is 275 g/mol. The monoisotopic (exact) mass is 275 g/mol. The van der Waals surface area contributed by atoms with Crippen LogP contribution in [0.1, 0.15) is 47.8 Å². The molecule has 1 aromatic carbocycles. The molecule has 4 heteroatoms. The first kappa shape index (κ1) is 14.6. The number of aryl methyl sites for hydroxylation is 1. The van der Waals surface area contributed by atoms with E-state index in [1.165, 1.54) is 0 Å². The molecule has 0 aliphatic carbocycles. The van der Waals surface area contributed by atoms with Crippen molar-refractivity contribution in [2.45, 2.75) is 39.7 Å². The number of nitrogens with zero attached hydrogens (tertiary/aromatic N) is 1. The van der Waals surface area contributed by atoms with Crippen LogP contribution in [0.3, 0.4) is 0 Å². The second-order valence-electron chi connectivity index (χ2n) is 5.39. The predicted molar refractivity (Wildman–Crippen MR) is 79.4 cm³/mol. The van der Waals surface area contributed by atoms with Crippen LogP contribution in [0.5, 0.6) is 0 Å². The predicted octanol–water partition coefficient (Wildman–Crippen LogP) is 3.15. The molecule has 2 rings (SSSR count). The fourth-order valence-corrected chi connectivity index (χ4v) is 2.96. The number of carboxylic acids is 1. The number of carboxylic acid groups (broad SMARTS) is 1. The van der Waals surface area contributed by atoms with Crippen LogP contribution in [0.25, 0.3) is 10.9 Å². The molecule has 0 bridgehead atoms. The van der Waals surface area contributed by atoms with Gasteiger partial charge in [0.25, 0.3) is 0 Å². The van der Waals surface area contributed by atoms with E-state index in [9.17, 15) is 9.90 Å².